The van der Waals surface area contributed by atoms with Crippen molar-refractivity contribution in [2.24, 2.45) is 0 Å². The number of aliphatic hydroxyl groups is 2. The molecule has 100 valence electrons. The van der Waals surface area contributed by atoms with Gasteiger partial charge in [-0.1, -0.05) is 12.1 Å². The summed E-state index contributed by atoms with van der Waals surface area (Å²) < 4.78 is 0. The van der Waals surface area contributed by atoms with E-state index in [1.807, 2.05) is 24.3 Å². The molecule has 0 aliphatic rings. The molecule has 0 unspecified atom stereocenters. The zero-order valence-corrected chi connectivity index (χ0v) is 10.7. The minimum Gasteiger partial charge on any atom is -0.394 e. The molecule has 0 radical (unpaired) electrons. The van der Waals surface area contributed by atoms with Crippen LogP contribution in [-0.2, 0) is 11.3 Å². The average Bonchev–Trinajstić information content (AvgIpc) is 2.37. The number of hydrogen-bond donors (Lipinski definition) is 4. The van der Waals surface area contributed by atoms with Crippen LogP contribution < -0.4 is 10.6 Å². The van der Waals surface area contributed by atoms with E-state index in [1.54, 1.807) is 6.92 Å². The minimum atomic E-state index is -0.684. The van der Waals surface area contributed by atoms with Crippen molar-refractivity contribution in [2.45, 2.75) is 25.9 Å². The van der Waals surface area contributed by atoms with Crippen LogP contribution in [0.1, 0.15) is 19.4 Å². The van der Waals surface area contributed by atoms with Crippen molar-refractivity contribution in [3.8, 4) is 0 Å². The molecule has 1 aromatic rings. The van der Waals surface area contributed by atoms with Crippen LogP contribution in [0.15, 0.2) is 24.3 Å². The van der Waals surface area contributed by atoms with Gasteiger partial charge in [0.1, 0.15) is 0 Å². The van der Waals surface area contributed by atoms with Crippen molar-refractivity contribution in [1.29, 1.82) is 0 Å². The summed E-state index contributed by atoms with van der Waals surface area (Å²) in [5.74, 6) is -0.103. The topological polar surface area (TPSA) is 81.6 Å². The molecular formula is C13H20N2O3. The van der Waals surface area contributed by atoms with E-state index in [0.717, 1.165) is 11.3 Å². The second-order valence-electron chi connectivity index (χ2n) is 4.61. The number of amides is 1. The Bertz CT molecular complexity index is 386. The summed E-state index contributed by atoms with van der Waals surface area (Å²) in [6.07, 6.45) is 0. The molecule has 0 saturated heterocycles. The number of benzene rings is 1. The van der Waals surface area contributed by atoms with Gasteiger partial charge < -0.3 is 20.8 Å². The number of aliphatic hydroxyl groups excluding tert-OH is 2. The van der Waals surface area contributed by atoms with E-state index in [1.165, 1.54) is 6.92 Å². The maximum absolute atomic E-state index is 10.9. The average molecular weight is 252 g/mol. The molecule has 18 heavy (non-hydrogen) atoms. The molecule has 0 fully saturated rings. The number of nitrogens with one attached hydrogen (secondary N) is 2. The van der Waals surface area contributed by atoms with Crippen molar-refractivity contribution in [3.05, 3.63) is 29.8 Å². The lowest BCUT2D eigenvalue weighted by molar-refractivity contribution is -0.114. The number of hydrogen-bond acceptors (Lipinski definition) is 4. The van der Waals surface area contributed by atoms with Crippen LogP contribution in [0.3, 0.4) is 0 Å². The van der Waals surface area contributed by atoms with Gasteiger partial charge in [0.15, 0.2) is 0 Å². The van der Waals surface area contributed by atoms with Crippen LogP contribution in [0, 0.1) is 0 Å². The summed E-state index contributed by atoms with van der Waals surface area (Å²) >= 11 is 0. The van der Waals surface area contributed by atoms with Gasteiger partial charge >= 0.3 is 0 Å². The Balaban J connectivity index is 2.56. The highest BCUT2D eigenvalue weighted by molar-refractivity contribution is 5.88. The summed E-state index contributed by atoms with van der Waals surface area (Å²) in [4.78, 5) is 10.9. The fourth-order valence-corrected chi connectivity index (χ4v) is 1.39. The number of rotatable bonds is 6. The Kier molecular flexibility index (Phi) is 5.27. The SMILES string of the molecule is CC(=O)Nc1ccc(CNC(C)(CO)CO)cc1. The van der Waals surface area contributed by atoms with E-state index in [9.17, 15) is 4.79 Å². The van der Waals surface area contributed by atoms with Crippen molar-refractivity contribution in [3.63, 3.8) is 0 Å². The lowest BCUT2D eigenvalue weighted by Gasteiger charge is -2.26. The molecule has 1 amide bonds. The molecule has 0 atom stereocenters. The monoisotopic (exact) mass is 252 g/mol. The lowest BCUT2D eigenvalue weighted by Crippen LogP contribution is -2.48. The Labute approximate surface area is 107 Å². The summed E-state index contributed by atoms with van der Waals surface area (Å²) in [6, 6.07) is 7.39. The van der Waals surface area contributed by atoms with Crippen molar-refractivity contribution < 1.29 is 15.0 Å². The van der Waals surface area contributed by atoms with Crippen molar-refractivity contribution >= 4 is 11.6 Å². The fourth-order valence-electron chi connectivity index (χ4n) is 1.39. The van der Waals surface area contributed by atoms with E-state index in [4.69, 9.17) is 10.2 Å². The summed E-state index contributed by atoms with van der Waals surface area (Å²) in [7, 11) is 0. The molecule has 0 bridgehead atoms. The third-order valence-electron chi connectivity index (χ3n) is 2.69. The van der Waals surface area contributed by atoms with Crippen LogP contribution in [0.4, 0.5) is 5.69 Å². The highest BCUT2D eigenvalue weighted by Gasteiger charge is 2.20. The zero-order valence-electron chi connectivity index (χ0n) is 10.7. The van der Waals surface area contributed by atoms with Gasteiger partial charge in [-0.3, -0.25) is 4.79 Å². The maximum Gasteiger partial charge on any atom is 0.221 e. The molecule has 4 N–H and O–H groups in total. The number of anilines is 1. The minimum absolute atomic E-state index is 0.103. The maximum atomic E-state index is 10.9. The highest BCUT2D eigenvalue weighted by atomic mass is 16.3. The molecule has 0 spiro atoms. The number of carbonyl (C=O) groups is 1. The molecule has 0 aliphatic carbocycles. The molecule has 0 aromatic heterocycles. The first-order valence-corrected chi connectivity index (χ1v) is 5.82. The van der Waals surface area contributed by atoms with Gasteiger partial charge in [0.05, 0.1) is 18.8 Å². The Morgan fingerprint density at radius 2 is 1.78 bits per heavy atom. The van der Waals surface area contributed by atoms with Crippen LogP contribution in [-0.4, -0.2) is 34.9 Å². The molecule has 0 heterocycles. The summed E-state index contributed by atoms with van der Waals surface area (Å²) in [5, 5.41) is 24.0. The van der Waals surface area contributed by atoms with Gasteiger partial charge in [0.2, 0.25) is 5.91 Å². The first-order chi connectivity index (χ1) is 8.49. The second-order valence-corrected chi connectivity index (χ2v) is 4.61. The summed E-state index contributed by atoms with van der Waals surface area (Å²) in [6.45, 7) is 3.49. The lowest BCUT2D eigenvalue weighted by atomic mass is 10.0. The van der Waals surface area contributed by atoms with Crippen LogP contribution in [0.25, 0.3) is 0 Å². The molecule has 1 rings (SSSR count). The first kappa shape index (κ1) is 14.6. The highest BCUT2D eigenvalue weighted by Crippen LogP contribution is 2.10. The normalized spacial score (nSPS) is 11.3. The van der Waals surface area contributed by atoms with Crippen LogP contribution >= 0.6 is 0 Å². The summed E-state index contributed by atoms with van der Waals surface area (Å²) in [5.41, 5.74) is 1.08. The smallest absolute Gasteiger partial charge is 0.221 e. The Morgan fingerprint density at radius 1 is 1.22 bits per heavy atom. The third kappa shape index (κ3) is 4.44. The van der Waals surface area contributed by atoms with E-state index in [-0.39, 0.29) is 19.1 Å². The molecule has 0 aliphatic heterocycles. The largest absolute Gasteiger partial charge is 0.394 e. The predicted molar refractivity (Wildman–Crippen MR) is 70.2 cm³/mol. The fraction of sp³-hybridized carbons (Fsp3) is 0.462. The third-order valence-corrected chi connectivity index (χ3v) is 2.69. The predicted octanol–water partition coefficient (Wildman–Crippen LogP) is 0.478. The quantitative estimate of drug-likeness (QED) is 0.593. The van der Waals surface area contributed by atoms with Crippen LogP contribution in [0.2, 0.25) is 0 Å². The van der Waals surface area contributed by atoms with Gasteiger partial charge in [-0.25, -0.2) is 0 Å². The van der Waals surface area contributed by atoms with Crippen molar-refractivity contribution in [1.82, 2.24) is 5.32 Å². The van der Waals surface area contributed by atoms with Gasteiger partial charge in [-0.2, -0.15) is 0 Å². The molecular weight excluding hydrogens is 232 g/mol. The Morgan fingerprint density at radius 3 is 2.22 bits per heavy atom. The van der Waals surface area contributed by atoms with Gasteiger partial charge in [-0.15, -0.1) is 0 Å². The standard InChI is InChI=1S/C13H20N2O3/c1-10(18)15-12-5-3-11(4-6-12)7-14-13(2,8-16)9-17/h3-6,14,16-17H,7-9H2,1-2H3,(H,15,18). The van der Waals surface area contributed by atoms with Gasteiger partial charge in [0.25, 0.3) is 0 Å². The molecule has 1 aromatic carbocycles. The second kappa shape index (κ2) is 6.49. The van der Waals surface area contributed by atoms with Gasteiger partial charge in [-0.05, 0) is 24.6 Å². The van der Waals surface area contributed by atoms with E-state index >= 15 is 0 Å². The number of carbonyl (C=O) groups excluding carboxylic acids is 1. The van der Waals surface area contributed by atoms with E-state index < -0.39 is 5.54 Å². The van der Waals surface area contributed by atoms with E-state index in [2.05, 4.69) is 10.6 Å². The molecule has 5 nitrogen and oxygen atoms in total. The van der Waals surface area contributed by atoms with Gasteiger partial charge in [0, 0.05) is 19.2 Å². The first-order valence-electron chi connectivity index (χ1n) is 5.82. The Hall–Kier alpha value is -1.43. The van der Waals surface area contributed by atoms with Crippen molar-refractivity contribution in [2.75, 3.05) is 18.5 Å². The zero-order chi connectivity index (χ0) is 13.6. The van der Waals surface area contributed by atoms with E-state index in [0.29, 0.717) is 6.54 Å². The van der Waals surface area contributed by atoms with Crippen LogP contribution in [0.5, 0.6) is 0 Å². The molecule has 0 saturated carbocycles. The molecule has 5 heteroatoms.